The van der Waals surface area contributed by atoms with Crippen LogP contribution < -0.4 is 34.4 Å². The molecule has 5 rings (SSSR count). The third kappa shape index (κ3) is 6.42. The highest BCUT2D eigenvalue weighted by molar-refractivity contribution is 14.1. The summed E-state index contributed by atoms with van der Waals surface area (Å²) >= 11 is 3.29. The van der Waals surface area contributed by atoms with Crippen molar-refractivity contribution in [2.45, 2.75) is 26.8 Å². The predicted molar refractivity (Wildman–Crippen MR) is 173 cm³/mol. The normalized spacial score (nSPS) is 14.5. The number of nitrogens with zero attached hydrogens (tertiary/aromatic N) is 2. The van der Waals surface area contributed by atoms with Crippen LogP contribution in [-0.2, 0) is 9.59 Å². The first kappa shape index (κ1) is 30.2. The fraction of sp³-hybridized carbons (Fsp3) is 0.188. The summed E-state index contributed by atoms with van der Waals surface area (Å²) in [5.74, 6) is 0.559. The van der Waals surface area contributed by atoms with Gasteiger partial charge in [-0.3, -0.25) is 19.0 Å². The molecule has 11 heteroatoms. The molecule has 4 aromatic rings. The molecule has 3 aromatic carbocycles. The molecule has 0 aliphatic carbocycles. The van der Waals surface area contributed by atoms with Crippen molar-refractivity contribution in [3.8, 4) is 17.2 Å². The van der Waals surface area contributed by atoms with Gasteiger partial charge in [0.15, 0.2) is 16.3 Å². The Hall–Kier alpha value is -4.23. The van der Waals surface area contributed by atoms with Crippen LogP contribution in [0.5, 0.6) is 17.2 Å². The number of halogens is 1. The second-order valence-electron chi connectivity index (χ2n) is 9.53. The Morgan fingerprint density at radius 2 is 1.84 bits per heavy atom. The third-order valence-electron chi connectivity index (χ3n) is 6.60. The number of ether oxygens (including phenoxy) is 3. The average molecular weight is 710 g/mol. The van der Waals surface area contributed by atoms with E-state index in [2.05, 4.69) is 27.9 Å². The highest BCUT2D eigenvalue weighted by Gasteiger charge is 2.32. The number of thiazole rings is 1. The van der Waals surface area contributed by atoms with Gasteiger partial charge in [-0.15, -0.1) is 0 Å². The lowest BCUT2D eigenvalue weighted by molar-refractivity contribution is -0.132. The molecular formula is C32H28IN3O6S. The van der Waals surface area contributed by atoms with Crippen LogP contribution in [-0.4, -0.2) is 30.2 Å². The minimum Gasteiger partial charge on any atom is -0.494 e. The highest BCUT2D eigenvalue weighted by atomic mass is 127. The van der Waals surface area contributed by atoms with Gasteiger partial charge in [0.05, 0.1) is 39.1 Å². The number of benzene rings is 3. The fourth-order valence-corrected chi connectivity index (χ4v) is 6.56. The molecule has 220 valence electrons. The minimum atomic E-state index is -0.723. The van der Waals surface area contributed by atoms with E-state index >= 15 is 0 Å². The first-order valence-electron chi connectivity index (χ1n) is 13.4. The number of rotatable bonds is 8. The maximum atomic E-state index is 14.1. The van der Waals surface area contributed by atoms with Gasteiger partial charge in [-0.25, -0.2) is 4.99 Å². The number of carbonyl (C=O) groups is 2. The number of para-hydroxylation sites is 1. The second-order valence-corrected chi connectivity index (χ2v) is 11.7. The van der Waals surface area contributed by atoms with E-state index in [1.807, 2.05) is 49.4 Å². The number of nitrogens with one attached hydrogen (secondary N) is 1. The highest BCUT2D eigenvalue weighted by Crippen LogP contribution is 2.35. The standard InChI is InChI=1S/C32H28IN3O6S/c1-5-41-23-13-11-21(12-14-23)28-27(30(38)35-22-9-7-6-8-10-22)18(2)34-32-36(28)31(39)26(43-32)17-20-15-24(33)29(42-19(3)37)25(16-20)40-4/h6-17,28H,5H2,1-4H3,(H,35,38)/b26-17-/t28-/m0/s1. The second kappa shape index (κ2) is 13.0. The Bertz CT molecular complexity index is 1910. The summed E-state index contributed by atoms with van der Waals surface area (Å²) in [5, 5.41) is 2.96. The Labute approximate surface area is 265 Å². The topological polar surface area (TPSA) is 108 Å². The lowest BCUT2D eigenvalue weighted by Gasteiger charge is -2.25. The molecule has 0 radical (unpaired) electrons. The summed E-state index contributed by atoms with van der Waals surface area (Å²) in [6.07, 6.45) is 1.74. The molecule has 1 amide bonds. The number of hydrogen-bond acceptors (Lipinski definition) is 8. The van der Waals surface area contributed by atoms with E-state index in [-0.39, 0.29) is 11.5 Å². The molecule has 1 aliphatic rings. The van der Waals surface area contributed by atoms with Gasteiger partial charge in [-0.2, -0.15) is 0 Å². The Morgan fingerprint density at radius 3 is 2.49 bits per heavy atom. The molecule has 0 bridgehead atoms. The van der Waals surface area contributed by atoms with Crippen molar-refractivity contribution in [1.29, 1.82) is 0 Å². The van der Waals surface area contributed by atoms with Crippen LogP contribution in [0.2, 0.25) is 0 Å². The molecule has 0 saturated carbocycles. The largest absolute Gasteiger partial charge is 0.494 e. The number of allylic oxidation sites excluding steroid dienone is 1. The lowest BCUT2D eigenvalue weighted by atomic mass is 9.95. The Morgan fingerprint density at radius 1 is 1.12 bits per heavy atom. The number of anilines is 1. The number of hydrogen-bond donors (Lipinski definition) is 1. The SMILES string of the molecule is CCOc1ccc([C@H]2C(C(=O)Nc3ccccc3)=C(C)N=c3s/c(=C\c4cc(I)c(OC(C)=O)c(OC)c4)c(=O)n32)cc1. The van der Waals surface area contributed by atoms with E-state index in [1.165, 1.54) is 25.4 Å². The van der Waals surface area contributed by atoms with Crippen molar-refractivity contribution in [2.75, 3.05) is 19.0 Å². The number of carbonyl (C=O) groups excluding carboxylic acids is 2. The summed E-state index contributed by atoms with van der Waals surface area (Å²) in [5.41, 5.74) is 2.65. The number of esters is 1. The van der Waals surface area contributed by atoms with Gasteiger partial charge in [-0.1, -0.05) is 41.7 Å². The zero-order valence-electron chi connectivity index (χ0n) is 23.8. The van der Waals surface area contributed by atoms with E-state index in [0.717, 1.165) is 5.56 Å². The number of amides is 1. The quantitative estimate of drug-likeness (QED) is 0.160. The first-order chi connectivity index (χ1) is 20.7. The van der Waals surface area contributed by atoms with E-state index in [9.17, 15) is 14.4 Å². The molecule has 43 heavy (non-hydrogen) atoms. The summed E-state index contributed by atoms with van der Waals surface area (Å²) in [4.78, 5) is 44.6. The van der Waals surface area contributed by atoms with Gasteiger partial charge in [0, 0.05) is 12.6 Å². The average Bonchev–Trinajstić information content (AvgIpc) is 3.28. The van der Waals surface area contributed by atoms with Crippen molar-refractivity contribution in [3.63, 3.8) is 0 Å². The van der Waals surface area contributed by atoms with Crippen LogP contribution in [0, 0.1) is 3.57 Å². The van der Waals surface area contributed by atoms with Gasteiger partial charge < -0.3 is 19.5 Å². The molecule has 0 unspecified atom stereocenters. The van der Waals surface area contributed by atoms with Crippen LogP contribution >= 0.6 is 33.9 Å². The summed E-state index contributed by atoms with van der Waals surface area (Å²) in [6.45, 7) is 5.52. The molecular weight excluding hydrogens is 681 g/mol. The van der Waals surface area contributed by atoms with Gasteiger partial charge in [0.25, 0.3) is 11.5 Å². The van der Waals surface area contributed by atoms with Crippen LogP contribution in [0.1, 0.15) is 37.9 Å². The van der Waals surface area contributed by atoms with Crippen molar-refractivity contribution in [2.24, 2.45) is 4.99 Å². The summed E-state index contributed by atoms with van der Waals surface area (Å²) < 4.78 is 19.0. The maximum absolute atomic E-state index is 14.1. The lowest BCUT2D eigenvalue weighted by Crippen LogP contribution is -2.40. The van der Waals surface area contributed by atoms with Crippen LogP contribution in [0.15, 0.2) is 87.8 Å². The van der Waals surface area contributed by atoms with Crippen LogP contribution in [0.3, 0.4) is 0 Å². The first-order valence-corrected chi connectivity index (χ1v) is 15.3. The van der Waals surface area contributed by atoms with E-state index in [0.29, 0.717) is 59.3 Å². The predicted octanol–water partition coefficient (Wildman–Crippen LogP) is 4.81. The van der Waals surface area contributed by atoms with Crippen molar-refractivity contribution in [1.82, 2.24) is 4.57 Å². The van der Waals surface area contributed by atoms with Crippen LogP contribution in [0.4, 0.5) is 5.69 Å². The minimum absolute atomic E-state index is 0.293. The molecule has 1 atom stereocenters. The number of methoxy groups -OCH3 is 1. The smallest absolute Gasteiger partial charge is 0.308 e. The van der Waals surface area contributed by atoms with Crippen molar-refractivity contribution >= 4 is 57.6 Å². The zero-order chi connectivity index (χ0) is 30.7. The Kier molecular flexibility index (Phi) is 9.11. The maximum Gasteiger partial charge on any atom is 0.308 e. The van der Waals surface area contributed by atoms with Crippen molar-refractivity contribution in [3.05, 3.63) is 112 Å². The summed E-state index contributed by atoms with van der Waals surface area (Å²) in [6, 6.07) is 19.3. The molecule has 1 N–H and O–H groups in total. The Balaban J connectivity index is 1.65. The van der Waals surface area contributed by atoms with Gasteiger partial charge >= 0.3 is 5.97 Å². The third-order valence-corrected chi connectivity index (χ3v) is 8.38. The van der Waals surface area contributed by atoms with Gasteiger partial charge in [0.2, 0.25) is 0 Å². The van der Waals surface area contributed by atoms with E-state index in [4.69, 9.17) is 19.2 Å². The molecule has 1 aliphatic heterocycles. The fourth-order valence-electron chi connectivity index (χ4n) is 4.78. The molecule has 0 fully saturated rings. The summed E-state index contributed by atoms with van der Waals surface area (Å²) in [7, 11) is 1.48. The molecule has 1 aromatic heterocycles. The molecule has 0 spiro atoms. The van der Waals surface area contributed by atoms with E-state index < -0.39 is 12.0 Å². The van der Waals surface area contributed by atoms with Gasteiger partial charge in [-0.05, 0) is 90.0 Å². The molecule has 9 nitrogen and oxygen atoms in total. The monoisotopic (exact) mass is 709 g/mol. The zero-order valence-corrected chi connectivity index (χ0v) is 26.8. The molecule has 2 heterocycles. The van der Waals surface area contributed by atoms with Crippen LogP contribution in [0.25, 0.3) is 6.08 Å². The molecule has 0 saturated heterocycles. The van der Waals surface area contributed by atoms with Crippen molar-refractivity contribution < 1.29 is 23.8 Å². The number of fused-ring (bicyclic) bond motifs is 1. The number of aromatic nitrogens is 1. The van der Waals surface area contributed by atoms with Gasteiger partial charge in [0.1, 0.15) is 5.75 Å². The van der Waals surface area contributed by atoms with E-state index in [1.54, 1.807) is 41.8 Å².